The van der Waals surface area contributed by atoms with Gasteiger partial charge in [-0.1, -0.05) is 24.3 Å². The van der Waals surface area contributed by atoms with Gasteiger partial charge in [0, 0.05) is 19.0 Å². The molecule has 0 spiro atoms. The van der Waals surface area contributed by atoms with Crippen LogP contribution in [0.2, 0.25) is 0 Å². The number of rotatable bonds is 5. The van der Waals surface area contributed by atoms with E-state index in [1.165, 1.54) is 38.9 Å². The van der Waals surface area contributed by atoms with Gasteiger partial charge in [-0.3, -0.25) is 4.79 Å². The molecule has 1 aliphatic heterocycles. The van der Waals surface area contributed by atoms with E-state index in [0.29, 0.717) is 23.3 Å². The zero-order chi connectivity index (χ0) is 31.4. The molecule has 5 nitrogen and oxygen atoms in total. The fourth-order valence-electron chi connectivity index (χ4n) is 5.24. The van der Waals surface area contributed by atoms with E-state index < -0.39 is 52.3 Å². The monoisotopic (exact) mass is 597 g/mol. The van der Waals surface area contributed by atoms with E-state index in [0.717, 1.165) is 10.5 Å². The maximum absolute atomic E-state index is 14.2. The molecule has 0 bridgehead atoms. The van der Waals surface area contributed by atoms with Crippen molar-refractivity contribution in [2.45, 2.75) is 63.8 Å². The van der Waals surface area contributed by atoms with Crippen LogP contribution in [-0.4, -0.2) is 41.5 Å². The highest BCUT2D eigenvalue weighted by atomic mass is 19.4. The van der Waals surface area contributed by atoms with Gasteiger partial charge < -0.3 is 14.9 Å². The number of aromatic nitrogens is 1. The van der Waals surface area contributed by atoms with Crippen LogP contribution in [0.3, 0.4) is 0 Å². The lowest BCUT2D eigenvalue weighted by Gasteiger charge is -2.33. The average molecular weight is 598 g/mol. The fraction of sp³-hybridized carbons (Fsp3) is 0.400. The molecule has 3 aromatic rings. The lowest BCUT2D eigenvalue weighted by molar-refractivity contribution is -0.143. The summed E-state index contributed by atoms with van der Waals surface area (Å²) in [7, 11) is 1.35. The Hall–Kier alpha value is -3.67. The Bertz CT molecular complexity index is 1470. The number of hydrogen-bond acceptors (Lipinski definition) is 4. The molecule has 1 aromatic heterocycles. The first-order valence-corrected chi connectivity index (χ1v) is 13.0. The van der Waals surface area contributed by atoms with Crippen molar-refractivity contribution in [3.8, 4) is 11.1 Å². The molecule has 12 heteroatoms. The first-order chi connectivity index (χ1) is 19.2. The predicted molar refractivity (Wildman–Crippen MR) is 145 cm³/mol. The first kappa shape index (κ1) is 31.3. The molecule has 2 heterocycles. The third-order valence-corrected chi connectivity index (χ3v) is 7.66. The van der Waals surface area contributed by atoms with Gasteiger partial charge in [0.05, 0.1) is 35.0 Å². The van der Waals surface area contributed by atoms with Gasteiger partial charge in [-0.15, -0.1) is 0 Å². The van der Waals surface area contributed by atoms with Crippen molar-refractivity contribution in [2.75, 3.05) is 23.4 Å². The summed E-state index contributed by atoms with van der Waals surface area (Å²) in [4.78, 5) is 20.8. The van der Waals surface area contributed by atoms with Crippen molar-refractivity contribution >= 4 is 17.4 Å². The molecule has 2 atom stereocenters. The van der Waals surface area contributed by atoms with E-state index in [-0.39, 0.29) is 30.5 Å². The van der Waals surface area contributed by atoms with Crippen LogP contribution in [0.15, 0.2) is 54.7 Å². The first-order valence-electron chi connectivity index (χ1n) is 13.0. The number of pyridine rings is 1. The van der Waals surface area contributed by atoms with Crippen LogP contribution >= 0.6 is 0 Å². The number of anilines is 2. The van der Waals surface area contributed by atoms with E-state index in [2.05, 4.69) is 4.98 Å². The SMILES string of the molecule is Cc1ccccc1-c1cc(N2C[C@H](F)C[C@]2(C)O)ncc1N(C)C(=O)C(C)(C)c1cc(C(F)(F)F)cc(C(F)(F)F)c1. The normalized spacial score (nSPS) is 19.7. The second kappa shape index (κ2) is 10.6. The van der Waals surface area contributed by atoms with Gasteiger partial charge in [0.2, 0.25) is 5.91 Å². The van der Waals surface area contributed by atoms with Crippen LogP contribution in [0.25, 0.3) is 11.1 Å². The molecule has 2 aromatic carbocycles. The molecule has 0 unspecified atom stereocenters. The molecule has 226 valence electrons. The Balaban J connectivity index is 1.83. The largest absolute Gasteiger partial charge is 0.416 e. The standard InChI is InChI=1S/C30H30F7N3O2/c1-17-8-6-7-9-22(17)23-13-25(40-16-21(31)14-28(40,4)42)38-15-24(23)39(5)26(41)27(2,3)18-10-19(29(32,33)34)12-20(11-18)30(35,36)37/h6-13,15,21,42H,14,16H2,1-5H3/t21-,28+/m1/s1. The summed E-state index contributed by atoms with van der Waals surface area (Å²) < 4.78 is 95.6. The Morgan fingerprint density at radius 1 is 0.976 bits per heavy atom. The minimum atomic E-state index is -5.08. The topological polar surface area (TPSA) is 56.7 Å². The lowest BCUT2D eigenvalue weighted by Crippen LogP contribution is -2.43. The number of hydrogen-bond donors (Lipinski definition) is 1. The highest BCUT2D eigenvalue weighted by Gasteiger charge is 2.43. The highest BCUT2D eigenvalue weighted by molar-refractivity contribution is 6.03. The average Bonchev–Trinajstić information content (AvgIpc) is 3.18. The van der Waals surface area contributed by atoms with Gasteiger partial charge in [0.1, 0.15) is 17.7 Å². The number of aliphatic hydroxyl groups is 1. The molecule has 0 radical (unpaired) electrons. The van der Waals surface area contributed by atoms with Crippen molar-refractivity contribution in [2.24, 2.45) is 0 Å². The van der Waals surface area contributed by atoms with Crippen molar-refractivity contribution in [3.05, 3.63) is 77.0 Å². The van der Waals surface area contributed by atoms with E-state index >= 15 is 0 Å². The van der Waals surface area contributed by atoms with Crippen LogP contribution in [0, 0.1) is 6.92 Å². The molecular weight excluding hydrogens is 567 g/mol. The molecule has 1 N–H and O–H groups in total. The fourth-order valence-corrected chi connectivity index (χ4v) is 5.24. The van der Waals surface area contributed by atoms with Crippen molar-refractivity contribution in [1.82, 2.24) is 4.98 Å². The van der Waals surface area contributed by atoms with Crippen LogP contribution in [0.4, 0.5) is 42.2 Å². The summed E-state index contributed by atoms with van der Waals surface area (Å²) in [5, 5.41) is 10.8. The summed E-state index contributed by atoms with van der Waals surface area (Å²) >= 11 is 0. The number of halogens is 7. The second-order valence-corrected chi connectivity index (χ2v) is 11.3. The molecule has 42 heavy (non-hydrogen) atoms. The predicted octanol–water partition coefficient (Wildman–Crippen LogP) is 7.29. The summed E-state index contributed by atoms with van der Waals surface area (Å²) in [5.41, 5.74) is -4.77. The van der Waals surface area contributed by atoms with Crippen LogP contribution < -0.4 is 9.80 Å². The van der Waals surface area contributed by atoms with Gasteiger partial charge in [-0.25, -0.2) is 9.37 Å². The number of carbonyl (C=O) groups is 1. The Labute approximate surface area is 238 Å². The van der Waals surface area contributed by atoms with E-state index in [9.17, 15) is 40.6 Å². The minimum absolute atomic E-state index is 0.0158. The highest BCUT2D eigenvalue weighted by Crippen LogP contribution is 2.42. The minimum Gasteiger partial charge on any atom is -0.371 e. The molecule has 1 fully saturated rings. The molecule has 0 aliphatic carbocycles. The smallest absolute Gasteiger partial charge is 0.371 e. The summed E-state index contributed by atoms with van der Waals surface area (Å²) in [5.74, 6) is -0.564. The molecule has 1 aliphatic rings. The van der Waals surface area contributed by atoms with Gasteiger partial charge in [-0.2, -0.15) is 26.3 Å². The second-order valence-electron chi connectivity index (χ2n) is 11.3. The molecule has 1 amide bonds. The Morgan fingerprint density at radius 3 is 2.02 bits per heavy atom. The number of carbonyl (C=O) groups excluding carboxylic acids is 1. The van der Waals surface area contributed by atoms with Gasteiger partial charge in [0.25, 0.3) is 0 Å². The Morgan fingerprint density at radius 2 is 1.52 bits per heavy atom. The van der Waals surface area contributed by atoms with Crippen LogP contribution in [-0.2, 0) is 22.6 Å². The van der Waals surface area contributed by atoms with Gasteiger partial charge in [-0.05, 0) is 68.7 Å². The lowest BCUT2D eigenvalue weighted by atomic mass is 9.81. The maximum atomic E-state index is 14.2. The van der Waals surface area contributed by atoms with E-state index in [1.54, 1.807) is 24.3 Å². The molecular formula is C30H30F7N3O2. The van der Waals surface area contributed by atoms with Crippen molar-refractivity contribution in [1.29, 1.82) is 0 Å². The van der Waals surface area contributed by atoms with Gasteiger partial charge in [0.15, 0.2) is 0 Å². The van der Waals surface area contributed by atoms with Crippen LogP contribution in [0.5, 0.6) is 0 Å². The summed E-state index contributed by atoms with van der Waals surface area (Å²) in [6, 6.07) is 9.82. The summed E-state index contributed by atoms with van der Waals surface area (Å²) in [6.07, 6.45) is -10.3. The molecule has 1 saturated heterocycles. The number of nitrogens with zero attached hydrogens (tertiary/aromatic N) is 3. The summed E-state index contributed by atoms with van der Waals surface area (Å²) in [6.45, 7) is 5.65. The van der Waals surface area contributed by atoms with E-state index in [4.69, 9.17) is 0 Å². The number of benzene rings is 2. The zero-order valence-corrected chi connectivity index (χ0v) is 23.5. The quantitative estimate of drug-likeness (QED) is 0.314. The van der Waals surface area contributed by atoms with Crippen LogP contribution in [0.1, 0.15) is 49.4 Å². The van der Waals surface area contributed by atoms with E-state index in [1.807, 2.05) is 13.0 Å². The third kappa shape index (κ3) is 5.95. The van der Waals surface area contributed by atoms with Crippen molar-refractivity contribution < 1.29 is 40.6 Å². The zero-order valence-electron chi connectivity index (χ0n) is 23.5. The number of aryl methyl sites for hydroxylation is 1. The van der Waals surface area contributed by atoms with Gasteiger partial charge >= 0.3 is 12.4 Å². The molecule has 4 rings (SSSR count). The third-order valence-electron chi connectivity index (χ3n) is 7.66. The number of amides is 1. The number of alkyl halides is 7. The number of likely N-dealkylation sites (N-methyl/N-ethyl adjacent to an activating group) is 1. The van der Waals surface area contributed by atoms with Crippen molar-refractivity contribution in [3.63, 3.8) is 0 Å². The molecule has 0 saturated carbocycles. The maximum Gasteiger partial charge on any atom is 0.416 e. The Kier molecular flexibility index (Phi) is 7.86.